The predicted octanol–water partition coefficient (Wildman–Crippen LogP) is 1.47. The first-order valence-electron chi connectivity index (χ1n) is 6.88. The van der Waals surface area contributed by atoms with E-state index < -0.39 is 5.97 Å². The molecule has 0 spiro atoms. The number of carboxylic acids is 1. The van der Waals surface area contributed by atoms with E-state index in [1.54, 1.807) is 18.1 Å². The van der Waals surface area contributed by atoms with Crippen LogP contribution in [0.5, 0.6) is 5.75 Å². The molecule has 0 aromatic heterocycles. The van der Waals surface area contributed by atoms with E-state index >= 15 is 0 Å². The van der Waals surface area contributed by atoms with Crippen LogP contribution < -0.4 is 9.64 Å². The van der Waals surface area contributed by atoms with Crippen molar-refractivity contribution in [2.75, 3.05) is 31.8 Å². The molecule has 0 aliphatic carbocycles. The fourth-order valence-electron chi connectivity index (χ4n) is 2.31. The van der Waals surface area contributed by atoms with Gasteiger partial charge in [-0.2, -0.15) is 0 Å². The van der Waals surface area contributed by atoms with Crippen molar-refractivity contribution in [3.63, 3.8) is 0 Å². The fraction of sp³-hybridized carbons (Fsp3) is 0.467. The van der Waals surface area contributed by atoms with E-state index in [1.165, 1.54) is 0 Å². The smallest absolute Gasteiger partial charge is 0.306 e. The lowest BCUT2D eigenvalue weighted by molar-refractivity contribution is -0.137. The van der Waals surface area contributed by atoms with E-state index in [-0.39, 0.29) is 18.9 Å². The van der Waals surface area contributed by atoms with E-state index in [4.69, 9.17) is 14.6 Å². The first-order chi connectivity index (χ1) is 10.1. The number of carboxylic acid groups (broad SMARTS) is 1. The number of rotatable bonds is 7. The Morgan fingerprint density at radius 1 is 1.33 bits per heavy atom. The van der Waals surface area contributed by atoms with Gasteiger partial charge in [-0.25, -0.2) is 0 Å². The summed E-state index contributed by atoms with van der Waals surface area (Å²) >= 11 is 0. The van der Waals surface area contributed by atoms with Gasteiger partial charge in [-0.3, -0.25) is 9.59 Å². The molecule has 1 heterocycles. The highest BCUT2D eigenvalue weighted by molar-refractivity contribution is 5.96. The van der Waals surface area contributed by atoms with Crippen LogP contribution in [0.4, 0.5) is 5.69 Å². The lowest BCUT2D eigenvalue weighted by atomic mass is 10.0. The van der Waals surface area contributed by atoms with Crippen LogP contribution in [0.3, 0.4) is 0 Å². The second-order valence-corrected chi connectivity index (χ2v) is 4.82. The molecule has 2 rings (SSSR count). The Morgan fingerprint density at radius 3 is 2.86 bits per heavy atom. The molecule has 0 saturated carbocycles. The minimum atomic E-state index is -0.885. The van der Waals surface area contributed by atoms with Crippen molar-refractivity contribution in [2.24, 2.45) is 0 Å². The summed E-state index contributed by atoms with van der Waals surface area (Å²) in [5.74, 6) is -0.153. The van der Waals surface area contributed by atoms with Gasteiger partial charge in [0.1, 0.15) is 5.75 Å². The quantitative estimate of drug-likeness (QED) is 0.823. The average molecular weight is 293 g/mol. The number of fused-ring (bicyclic) bond motifs is 1. The van der Waals surface area contributed by atoms with Gasteiger partial charge in [-0.1, -0.05) is 0 Å². The van der Waals surface area contributed by atoms with Crippen LogP contribution in [-0.4, -0.2) is 43.9 Å². The molecule has 0 fully saturated rings. The number of hydrogen-bond acceptors (Lipinski definition) is 4. The summed E-state index contributed by atoms with van der Waals surface area (Å²) < 4.78 is 10.5. The van der Waals surface area contributed by atoms with Crippen LogP contribution >= 0.6 is 0 Å². The minimum absolute atomic E-state index is 0.0322. The first-order valence-corrected chi connectivity index (χ1v) is 6.88. The normalized spacial score (nSPS) is 14.0. The Labute approximate surface area is 123 Å². The van der Waals surface area contributed by atoms with Gasteiger partial charge in [-0.15, -0.1) is 0 Å². The summed E-state index contributed by atoms with van der Waals surface area (Å²) in [6.45, 7) is 1.16. The Balaban J connectivity index is 2.08. The molecule has 114 valence electrons. The maximum atomic E-state index is 12.0. The molecule has 1 aliphatic heterocycles. The van der Waals surface area contributed by atoms with E-state index in [1.807, 2.05) is 12.1 Å². The third-order valence-corrected chi connectivity index (χ3v) is 3.35. The number of carbonyl (C=O) groups is 2. The summed E-state index contributed by atoms with van der Waals surface area (Å²) in [5, 5.41) is 8.59. The van der Waals surface area contributed by atoms with Gasteiger partial charge in [-0.05, 0) is 30.2 Å². The largest absolute Gasteiger partial charge is 0.493 e. The van der Waals surface area contributed by atoms with Crippen molar-refractivity contribution in [3.8, 4) is 5.75 Å². The number of benzene rings is 1. The Morgan fingerprint density at radius 2 is 2.14 bits per heavy atom. The summed E-state index contributed by atoms with van der Waals surface area (Å²) in [4.78, 5) is 24.2. The van der Waals surface area contributed by atoms with Crippen molar-refractivity contribution in [3.05, 3.63) is 23.8 Å². The Kier molecular flexibility index (Phi) is 5.16. The van der Waals surface area contributed by atoms with Crippen molar-refractivity contribution >= 4 is 17.6 Å². The molecule has 0 saturated heterocycles. The molecule has 1 N–H and O–H groups in total. The van der Waals surface area contributed by atoms with Crippen LogP contribution in [0.1, 0.15) is 18.4 Å². The molecule has 6 nitrogen and oxygen atoms in total. The van der Waals surface area contributed by atoms with Crippen molar-refractivity contribution in [1.82, 2.24) is 0 Å². The molecular formula is C15H19NO5. The van der Waals surface area contributed by atoms with Crippen molar-refractivity contribution in [2.45, 2.75) is 19.3 Å². The summed E-state index contributed by atoms with van der Waals surface area (Å²) in [5.41, 5.74) is 1.92. The molecule has 1 aliphatic rings. The SMILES string of the molecule is COCCN1C(=O)CCc2cc(OCCC(=O)O)ccc21. The number of hydrogen-bond donors (Lipinski definition) is 1. The second kappa shape index (κ2) is 7.08. The molecule has 6 heteroatoms. The highest BCUT2D eigenvalue weighted by Crippen LogP contribution is 2.31. The van der Waals surface area contributed by atoms with Crippen LogP contribution in [0.2, 0.25) is 0 Å². The number of anilines is 1. The Bertz CT molecular complexity index is 529. The van der Waals surface area contributed by atoms with Crippen LogP contribution in [-0.2, 0) is 20.7 Å². The Hall–Kier alpha value is -2.08. The van der Waals surface area contributed by atoms with E-state index in [2.05, 4.69) is 0 Å². The number of methoxy groups -OCH3 is 1. The molecule has 21 heavy (non-hydrogen) atoms. The maximum Gasteiger partial charge on any atom is 0.306 e. The van der Waals surface area contributed by atoms with Gasteiger partial charge in [0, 0.05) is 25.8 Å². The third-order valence-electron chi connectivity index (χ3n) is 3.35. The van der Waals surface area contributed by atoms with Gasteiger partial charge in [0.2, 0.25) is 5.91 Å². The highest BCUT2D eigenvalue weighted by Gasteiger charge is 2.24. The van der Waals surface area contributed by atoms with E-state index in [9.17, 15) is 9.59 Å². The highest BCUT2D eigenvalue weighted by atomic mass is 16.5. The number of aryl methyl sites for hydroxylation is 1. The molecule has 0 radical (unpaired) electrons. The number of ether oxygens (including phenoxy) is 2. The lowest BCUT2D eigenvalue weighted by Gasteiger charge is -2.29. The van der Waals surface area contributed by atoms with Crippen molar-refractivity contribution < 1.29 is 24.2 Å². The maximum absolute atomic E-state index is 12.0. The van der Waals surface area contributed by atoms with Crippen LogP contribution in [0.25, 0.3) is 0 Å². The number of nitrogens with zero attached hydrogens (tertiary/aromatic N) is 1. The van der Waals surface area contributed by atoms with Crippen LogP contribution in [0.15, 0.2) is 18.2 Å². The standard InChI is InChI=1S/C15H19NO5/c1-20-9-7-16-13-4-3-12(21-8-6-15(18)19)10-11(13)2-5-14(16)17/h3-4,10H,2,5-9H2,1H3,(H,18,19). The zero-order chi connectivity index (χ0) is 15.2. The monoisotopic (exact) mass is 293 g/mol. The number of amides is 1. The molecule has 1 aromatic carbocycles. The van der Waals surface area contributed by atoms with Gasteiger partial charge in [0.05, 0.1) is 19.6 Å². The summed E-state index contributed by atoms with van der Waals surface area (Å²) in [6, 6.07) is 5.49. The fourth-order valence-corrected chi connectivity index (χ4v) is 2.31. The van der Waals surface area contributed by atoms with Gasteiger partial charge < -0.3 is 19.5 Å². The van der Waals surface area contributed by atoms with Crippen LogP contribution in [0, 0.1) is 0 Å². The predicted molar refractivity (Wildman–Crippen MR) is 76.7 cm³/mol. The summed E-state index contributed by atoms with van der Waals surface area (Å²) in [7, 11) is 1.61. The van der Waals surface area contributed by atoms with Gasteiger partial charge >= 0.3 is 5.97 Å². The average Bonchev–Trinajstić information content (AvgIpc) is 2.46. The van der Waals surface area contributed by atoms with Gasteiger partial charge in [0.25, 0.3) is 0 Å². The molecular weight excluding hydrogens is 274 g/mol. The zero-order valence-electron chi connectivity index (χ0n) is 12.0. The van der Waals surface area contributed by atoms with E-state index in [0.29, 0.717) is 31.7 Å². The van der Waals surface area contributed by atoms with E-state index in [0.717, 1.165) is 11.3 Å². The lowest BCUT2D eigenvalue weighted by Crippen LogP contribution is -2.37. The number of carbonyl (C=O) groups excluding carboxylic acids is 1. The summed E-state index contributed by atoms with van der Waals surface area (Å²) in [6.07, 6.45) is 1.11. The third kappa shape index (κ3) is 3.95. The molecule has 0 atom stereocenters. The zero-order valence-corrected chi connectivity index (χ0v) is 12.0. The molecule has 0 bridgehead atoms. The molecule has 1 aromatic rings. The first kappa shape index (κ1) is 15.3. The number of aliphatic carboxylic acids is 1. The molecule has 0 unspecified atom stereocenters. The topological polar surface area (TPSA) is 76.1 Å². The second-order valence-electron chi connectivity index (χ2n) is 4.82. The molecule has 1 amide bonds. The minimum Gasteiger partial charge on any atom is -0.493 e. The van der Waals surface area contributed by atoms with Crippen molar-refractivity contribution in [1.29, 1.82) is 0 Å². The van der Waals surface area contributed by atoms with Gasteiger partial charge in [0.15, 0.2) is 0 Å².